The number of carbonyl (C=O) groups is 2. The van der Waals surface area contributed by atoms with Crippen molar-refractivity contribution in [2.24, 2.45) is 5.92 Å². The van der Waals surface area contributed by atoms with Crippen LogP contribution in [0.3, 0.4) is 0 Å². The van der Waals surface area contributed by atoms with Gasteiger partial charge in [-0.2, -0.15) is 0 Å². The number of likely N-dealkylation sites (tertiary alicyclic amines) is 1. The monoisotopic (exact) mass is 652 g/mol. The molecule has 1 aliphatic rings. The van der Waals surface area contributed by atoms with E-state index in [1.165, 1.54) is 28.5 Å². The van der Waals surface area contributed by atoms with E-state index in [4.69, 9.17) is 4.98 Å². The predicted octanol–water partition coefficient (Wildman–Crippen LogP) is 8.22. The van der Waals surface area contributed by atoms with Gasteiger partial charge in [0.1, 0.15) is 5.82 Å². The Labute approximate surface area is 286 Å². The van der Waals surface area contributed by atoms with E-state index >= 15 is 0 Å². The fourth-order valence-corrected chi connectivity index (χ4v) is 7.18. The van der Waals surface area contributed by atoms with E-state index in [1.54, 1.807) is 12.1 Å². The first-order valence-electron chi connectivity index (χ1n) is 17.2. The van der Waals surface area contributed by atoms with E-state index in [0.717, 1.165) is 55.5 Å². The summed E-state index contributed by atoms with van der Waals surface area (Å²) in [6, 6.07) is 38.8. The Kier molecular flexibility index (Phi) is 9.62. The van der Waals surface area contributed by atoms with Gasteiger partial charge >= 0.3 is 0 Å². The first kappa shape index (κ1) is 32.4. The molecule has 0 bridgehead atoms. The molecule has 1 amide bonds. The van der Waals surface area contributed by atoms with Crippen LogP contribution in [0.4, 0.5) is 4.39 Å². The largest absolute Gasteiger partial charge is 0.341 e. The quantitative estimate of drug-likeness (QED) is 0.132. The van der Waals surface area contributed by atoms with Crippen molar-refractivity contribution >= 4 is 33.5 Å². The van der Waals surface area contributed by atoms with Crippen LogP contribution in [-0.2, 0) is 6.54 Å². The third-order valence-corrected chi connectivity index (χ3v) is 9.99. The van der Waals surface area contributed by atoms with E-state index in [0.29, 0.717) is 24.5 Å². The summed E-state index contributed by atoms with van der Waals surface area (Å²) in [6.45, 7) is 3.62. The Hall–Kier alpha value is -5.14. The molecular formula is C42H41FN4O2. The molecule has 6 nitrogen and oxygen atoms in total. The Balaban J connectivity index is 1.03. The lowest BCUT2D eigenvalue weighted by molar-refractivity contribution is 0.0779. The fourth-order valence-electron chi connectivity index (χ4n) is 7.18. The molecule has 0 radical (unpaired) electrons. The maximum atomic E-state index is 14.0. The van der Waals surface area contributed by atoms with Gasteiger partial charge in [0.05, 0.1) is 11.0 Å². The van der Waals surface area contributed by atoms with Crippen LogP contribution in [0.25, 0.3) is 21.8 Å². The number of nitrogens with zero attached hydrogens (tertiary/aromatic N) is 4. The molecule has 2 heterocycles. The first-order valence-corrected chi connectivity index (χ1v) is 17.2. The first-order chi connectivity index (χ1) is 23.9. The molecular weight excluding hydrogens is 611 g/mol. The maximum absolute atomic E-state index is 14.0. The Morgan fingerprint density at radius 2 is 1.53 bits per heavy atom. The summed E-state index contributed by atoms with van der Waals surface area (Å²) >= 11 is 0. The zero-order chi connectivity index (χ0) is 33.7. The number of halogens is 1. The topological polar surface area (TPSA) is 58.4 Å². The normalized spacial score (nSPS) is 14.7. The lowest BCUT2D eigenvalue weighted by Gasteiger charge is -2.33. The van der Waals surface area contributed by atoms with Crippen molar-refractivity contribution in [3.63, 3.8) is 0 Å². The molecule has 5 aromatic carbocycles. The lowest BCUT2D eigenvalue weighted by atomic mass is 9.90. The van der Waals surface area contributed by atoms with Crippen LogP contribution in [0.15, 0.2) is 121 Å². The second-order valence-electron chi connectivity index (χ2n) is 13.3. The molecule has 1 atom stereocenters. The number of Topliss-reactive ketones (excluding diaryl/α,β-unsaturated/α-hetero) is 1. The maximum Gasteiger partial charge on any atom is 0.253 e. The SMILES string of the molecule is CN(CC(CCN1CCC(C(=O)c2nc3ccccc3n2Cc2ccc(F)cc2)CC1)c1ccc2ccccc2c1)C(=O)c1ccccc1. The molecule has 248 valence electrons. The number of imidazole rings is 1. The van der Waals surface area contributed by atoms with Gasteiger partial charge < -0.3 is 14.4 Å². The zero-order valence-electron chi connectivity index (χ0n) is 27.8. The summed E-state index contributed by atoms with van der Waals surface area (Å²) in [7, 11) is 1.89. The van der Waals surface area contributed by atoms with Crippen LogP contribution < -0.4 is 0 Å². The smallest absolute Gasteiger partial charge is 0.253 e. The van der Waals surface area contributed by atoms with E-state index in [1.807, 2.05) is 71.1 Å². The van der Waals surface area contributed by atoms with Crippen LogP contribution in [-0.4, -0.2) is 64.3 Å². The molecule has 0 N–H and O–H groups in total. The third kappa shape index (κ3) is 7.32. The summed E-state index contributed by atoms with van der Waals surface area (Å²) in [6.07, 6.45) is 2.44. The van der Waals surface area contributed by atoms with Gasteiger partial charge in [0.15, 0.2) is 5.82 Å². The molecule has 1 aliphatic heterocycles. The summed E-state index contributed by atoms with van der Waals surface area (Å²) in [5.74, 6) is 0.355. The number of aromatic nitrogens is 2. The van der Waals surface area contributed by atoms with Crippen molar-refractivity contribution in [1.29, 1.82) is 0 Å². The molecule has 7 heteroatoms. The van der Waals surface area contributed by atoms with Gasteiger partial charge in [-0.05, 0) is 97.2 Å². The minimum Gasteiger partial charge on any atom is -0.341 e. The van der Waals surface area contributed by atoms with Gasteiger partial charge in [-0.15, -0.1) is 0 Å². The zero-order valence-corrected chi connectivity index (χ0v) is 27.8. The molecule has 0 saturated carbocycles. The number of hydrogen-bond donors (Lipinski definition) is 0. The number of piperidine rings is 1. The molecule has 49 heavy (non-hydrogen) atoms. The second kappa shape index (κ2) is 14.5. The van der Waals surface area contributed by atoms with Gasteiger partial charge in [-0.3, -0.25) is 9.59 Å². The minimum absolute atomic E-state index is 0.0242. The number of fused-ring (bicyclic) bond motifs is 2. The lowest BCUT2D eigenvalue weighted by Crippen LogP contribution is -2.38. The molecule has 1 aromatic heterocycles. The molecule has 1 fully saturated rings. The Morgan fingerprint density at radius 3 is 2.31 bits per heavy atom. The average Bonchev–Trinajstić information content (AvgIpc) is 3.52. The number of benzene rings is 5. The summed E-state index contributed by atoms with van der Waals surface area (Å²) in [5.41, 5.74) is 4.55. The van der Waals surface area contributed by atoms with Crippen molar-refractivity contribution in [2.45, 2.75) is 31.7 Å². The number of ketones is 1. The van der Waals surface area contributed by atoms with Gasteiger partial charge in [0, 0.05) is 37.5 Å². The van der Waals surface area contributed by atoms with Gasteiger partial charge in [-0.1, -0.05) is 84.9 Å². The Morgan fingerprint density at radius 1 is 0.837 bits per heavy atom. The highest BCUT2D eigenvalue weighted by molar-refractivity contribution is 5.98. The molecule has 0 aliphatic carbocycles. The molecule has 1 saturated heterocycles. The van der Waals surface area contributed by atoms with Gasteiger partial charge in [0.2, 0.25) is 5.78 Å². The predicted molar refractivity (Wildman–Crippen MR) is 193 cm³/mol. The number of rotatable bonds is 11. The second-order valence-corrected chi connectivity index (χ2v) is 13.3. The number of carbonyl (C=O) groups excluding carboxylic acids is 2. The van der Waals surface area contributed by atoms with E-state index in [9.17, 15) is 14.0 Å². The molecule has 7 rings (SSSR count). The molecule has 1 unspecified atom stereocenters. The van der Waals surface area contributed by atoms with Crippen LogP contribution in [0.2, 0.25) is 0 Å². The van der Waals surface area contributed by atoms with Gasteiger partial charge in [-0.25, -0.2) is 9.37 Å². The Bertz CT molecular complexity index is 2070. The van der Waals surface area contributed by atoms with E-state index < -0.39 is 0 Å². The molecule has 6 aromatic rings. The summed E-state index contributed by atoms with van der Waals surface area (Å²) in [5, 5.41) is 2.41. The van der Waals surface area contributed by atoms with Crippen molar-refractivity contribution < 1.29 is 14.0 Å². The highest BCUT2D eigenvalue weighted by Gasteiger charge is 2.30. The number of hydrogen-bond acceptors (Lipinski definition) is 4. The minimum atomic E-state index is -0.279. The van der Waals surface area contributed by atoms with Crippen molar-refractivity contribution in [3.8, 4) is 0 Å². The summed E-state index contributed by atoms with van der Waals surface area (Å²) in [4.78, 5) is 36.4. The highest BCUT2D eigenvalue weighted by Crippen LogP contribution is 2.29. The van der Waals surface area contributed by atoms with Crippen molar-refractivity contribution in [3.05, 3.63) is 150 Å². The van der Waals surface area contributed by atoms with E-state index in [2.05, 4.69) is 47.4 Å². The summed E-state index contributed by atoms with van der Waals surface area (Å²) < 4.78 is 15.6. The van der Waals surface area contributed by atoms with Crippen LogP contribution in [0.5, 0.6) is 0 Å². The van der Waals surface area contributed by atoms with Crippen molar-refractivity contribution in [2.75, 3.05) is 33.2 Å². The number of likely N-dealkylation sites (N-methyl/N-ethyl adjacent to an activating group) is 1. The number of para-hydroxylation sites is 2. The van der Waals surface area contributed by atoms with Crippen LogP contribution >= 0.6 is 0 Å². The van der Waals surface area contributed by atoms with Crippen molar-refractivity contribution in [1.82, 2.24) is 19.4 Å². The highest BCUT2D eigenvalue weighted by atomic mass is 19.1. The average molecular weight is 653 g/mol. The number of amides is 1. The van der Waals surface area contributed by atoms with Crippen LogP contribution in [0.1, 0.15) is 57.3 Å². The standard InChI is InChI=1S/C42H41FN4O2/c1-45(42(49)33-10-3-2-4-11-33)29-36(35-18-17-31-9-5-6-12-34(31)27-35)23-26-46-24-21-32(22-25-46)40(48)41-44-38-13-7-8-14-39(38)47(41)28-30-15-19-37(43)20-16-30/h2-20,27,32,36H,21-26,28-29H2,1H3. The third-order valence-electron chi connectivity index (χ3n) is 9.99. The fraction of sp³-hybridized carbons (Fsp3) is 0.262. The van der Waals surface area contributed by atoms with Gasteiger partial charge in [0.25, 0.3) is 5.91 Å². The van der Waals surface area contributed by atoms with E-state index in [-0.39, 0.29) is 29.3 Å². The molecule has 0 spiro atoms. The van der Waals surface area contributed by atoms with Crippen LogP contribution in [0, 0.1) is 11.7 Å².